The minimum Gasteiger partial charge on any atom is -0.339 e. The predicted octanol–water partition coefficient (Wildman–Crippen LogP) is 2.48. The summed E-state index contributed by atoms with van der Waals surface area (Å²) in [4.78, 5) is 42.4. The van der Waals surface area contributed by atoms with Gasteiger partial charge in [-0.05, 0) is 53.1 Å². The number of likely N-dealkylation sites (tertiary alicyclic amines) is 1. The Balaban J connectivity index is 1.39. The van der Waals surface area contributed by atoms with Gasteiger partial charge >= 0.3 is 0 Å². The largest absolute Gasteiger partial charge is 0.339 e. The van der Waals surface area contributed by atoms with Gasteiger partial charge in [-0.1, -0.05) is 0 Å². The van der Waals surface area contributed by atoms with Crippen molar-refractivity contribution >= 4 is 23.2 Å². The van der Waals surface area contributed by atoms with Gasteiger partial charge in [-0.2, -0.15) is 11.3 Å². The molecule has 1 aliphatic heterocycles. The summed E-state index contributed by atoms with van der Waals surface area (Å²) in [5, 5.41) is 4.13. The third-order valence-electron chi connectivity index (χ3n) is 5.94. The Labute approximate surface area is 161 Å². The lowest BCUT2D eigenvalue weighted by molar-refractivity contribution is -0.130. The van der Waals surface area contributed by atoms with Crippen molar-refractivity contribution in [3.8, 4) is 0 Å². The highest BCUT2D eigenvalue weighted by Crippen LogP contribution is 2.57. The fourth-order valence-corrected chi connectivity index (χ4v) is 4.87. The summed E-state index contributed by atoms with van der Waals surface area (Å²) in [6.07, 6.45) is 4.34. The molecule has 1 saturated heterocycles. The molecule has 2 aromatic heterocycles. The summed E-state index contributed by atoms with van der Waals surface area (Å²) in [5.41, 5.74) is 1.65. The SMILES string of the molecule is CC(=O)N(Cc1ccsc1)[C@H]1CC12CCN(C(=O)c1ccc(=O)[nH]c1)CC2. The van der Waals surface area contributed by atoms with Crippen molar-refractivity contribution in [1.82, 2.24) is 14.8 Å². The molecule has 1 saturated carbocycles. The molecule has 1 N–H and O–H groups in total. The molecule has 7 heteroatoms. The molecule has 0 aromatic carbocycles. The highest BCUT2D eigenvalue weighted by Gasteiger charge is 2.58. The first-order chi connectivity index (χ1) is 13.0. The number of pyridine rings is 1. The monoisotopic (exact) mass is 385 g/mol. The van der Waals surface area contributed by atoms with E-state index < -0.39 is 0 Å². The van der Waals surface area contributed by atoms with Crippen LogP contribution in [-0.2, 0) is 11.3 Å². The van der Waals surface area contributed by atoms with Gasteiger partial charge < -0.3 is 14.8 Å². The second-order valence-electron chi connectivity index (χ2n) is 7.59. The summed E-state index contributed by atoms with van der Waals surface area (Å²) in [6.45, 7) is 3.70. The number of hydrogen-bond donors (Lipinski definition) is 1. The summed E-state index contributed by atoms with van der Waals surface area (Å²) in [6, 6.07) is 5.30. The number of rotatable bonds is 4. The molecule has 3 heterocycles. The zero-order valence-corrected chi connectivity index (χ0v) is 16.1. The van der Waals surface area contributed by atoms with E-state index in [1.165, 1.54) is 17.8 Å². The van der Waals surface area contributed by atoms with Crippen molar-refractivity contribution in [2.75, 3.05) is 13.1 Å². The topological polar surface area (TPSA) is 73.5 Å². The van der Waals surface area contributed by atoms with Crippen LogP contribution in [0.3, 0.4) is 0 Å². The molecule has 0 bridgehead atoms. The minimum absolute atomic E-state index is 0.0417. The lowest BCUT2D eigenvalue weighted by Gasteiger charge is -2.34. The minimum atomic E-state index is -0.208. The van der Waals surface area contributed by atoms with Crippen LogP contribution in [0.4, 0.5) is 0 Å². The van der Waals surface area contributed by atoms with Crippen LogP contribution in [-0.4, -0.2) is 45.7 Å². The lowest BCUT2D eigenvalue weighted by atomic mass is 9.92. The normalized spacial score (nSPS) is 20.5. The standard InChI is InChI=1S/C20H23N3O3S/c1-14(24)23(12-15-4-9-27-13-15)17-10-20(17)5-7-22(8-6-20)19(26)16-2-3-18(25)21-11-16/h2-4,9,11,13,17H,5-8,10,12H2,1H3,(H,21,25)/t17-/m0/s1. The number of carbonyl (C=O) groups excluding carboxylic acids is 2. The van der Waals surface area contributed by atoms with Crippen LogP contribution in [0, 0.1) is 5.41 Å². The smallest absolute Gasteiger partial charge is 0.255 e. The van der Waals surface area contributed by atoms with Gasteiger partial charge in [-0.3, -0.25) is 14.4 Å². The molecule has 1 atom stereocenters. The Morgan fingerprint density at radius 1 is 1.30 bits per heavy atom. The van der Waals surface area contributed by atoms with Gasteiger partial charge in [0.1, 0.15) is 0 Å². The van der Waals surface area contributed by atoms with Gasteiger partial charge in [0.15, 0.2) is 0 Å². The van der Waals surface area contributed by atoms with E-state index in [1.54, 1.807) is 24.3 Å². The number of carbonyl (C=O) groups is 2. The highest BCUT2D eigenvalue weighted by atomic mass is 32.1. The number of H-pyrrole nitrogens is 1. The number of aromatic nitrogens is 1. The zero-order valence-electron chi connectivity index (χ0n) is 15.3. The van der Waals surface area contributed by atoms with E-state index in [0.29, 0.717) is 25.2 Å². The Morgan fingerprint density at radius 2 is 2.07 bits per heavy atom. The first-order valence-corrected chi connectivity index (χ1v) is 10.2. The maximum atomic E-state index is 12.6. The molecule has 2 fully saturated rings. The molecule has 2 aromatic rings. The van der Waals surface area contributed by atoms with E-state index in [-0.39, 0.29) is 28.8 Å². The van der Waals surface area contributed by atoms with E-state index in [0.717, 1.165) is 19.3 Å². The highest BCUT2D eigenvalue weighted by molar-refractivity contribution is 7.07. The first kappa shape index (κ1) is 18.0. The van der Waals surface area contributed by atoms with Gasteiger partial charge in [0.05, 0.1) is 5.56 Å². The Bertz CT molecular complexity index is 877. The van der Waals surface area contributed by atoms with Gasteiger partial charge in [-0.25, -0.2) is 0 Å². The van der Waals surface area contributed by atoms with Crippen molar-refractivity contribution in [1.29, 1.82) is 0 Å². The quantitative estimate of drug-likeness (QED) is 0.879. The van der Waals surface area contributed by atoms with Gasteiger partial charge in [-0.15, -0.1) is 0 Å². The van der Waals surface area contributed by atoms with Crippen molar-refractivity contribution in [3.63, 3.8) is 0 Å². The number of nitrogens with one attached hydrogen (secondary N) is 1. The molecular weight excluding hydrogens is 362 g/mol. The average molecular weight is 385 g/mol. The molecular formula is C20H23N3O3S. The zero-order chi connectivity index (χ0) is 19.0. The molecule has 4 rings (SSSR count). The lowest BCUT2D eigenvalue weighted by Crippen LogP contribution is -2.42. The van der Waals surface area contributed by atoms with Crippen LogP contribution in [0.5, 0.6) is 0 Å². The van der Waals surface area contributed by atoms with Crippen LogP contribution in [0.1, 0.15) is 42.1 Å². The van der Waals surface area contributed by atoms with Gasteiger partial charge in [0.25, 0.3) is 5.91 Å². The van der Waals surface area contributed by atoms with Crippen molar-refractivity contribution in [3.05, 3.63) is 56.6 Å². The molecule has 0 radical (unpaired) electrons. The summed E-state index contributed by atoms with van der Waals surface area (Å²) in [5.74, 6) is 0.0785. The number of hydrogen-bond acceptors (Lipinski definition) is 4. The van der Waals surface area contributed by atoms with Crippen LogP contribution in [0.25, 0.3) is 0 Å². The van der Waals surface area contributed by atoms with E-state index in [9.17, 15) is 14.4 Å². The van der Waals surface area contributed by atoms with Crippen LogP contribution < -0.4 is 5.56 Å². The van der Waals surface area contributed by atoms with Crippen LogP contribution >= 0.6 is 11.3 Å². The molecule has 2 aliphatic rings. The van der Waals surface area contributed by atoms with Crippen molar-refractivity contribution in [2.24, 2.45) is 5.41 Å². The fraction of sp³-hybridized carbons (Fsp3) is 0.450. The van der Waals surface area contributed by atoms with E-state index in [1.807, 2.05) is 15.2 Å². The second-order valence-corrected chi connectivity index (χ2v) is 8.37. The molecule has 6 nitrogen and oxygen atoms in total. The summed E-state index contributed by atoms with van der Waals surface area (Å²) in [7, 11) is 0. The molecule has 1 aliphatic carbocycles. The number of nitrogens with zero attached hydrogens (tertiary/aromatic N) is 2. The molecule has 1 spiro atoms. The number of thiophene rings is 1. The Kier molecular flexibility index (Phi) is 4.63. The molecule has 142 valence electrons. The maximum Gasteiger partial charge on any atom is 0.255 e. The van der Waals surface area contributed by atoms with Crippen LogP contribution in [0.15, 0.2) is 40.0 Å². The van der Waals surface area contributed by atoms with Gasteiger partial charge in [0, 0.05) is 44.9 Å². The fourth-order valence-electron chi connectivity index (χ4n) is 4.21. The summed E-state index contributed by atoms with van der Waals surface area (Å²) < 4.78 is 0. The number of aromatic amines is 1. The number of amides is 2. The van der Waals surface area contributed by atoms with E-state index in [2.05, 4.69) is 16.4 Å². The summed E-state index contributed by atoms with van der Waals surface area (Å²) >= 11 is 1.65. The van der Waals surface area contributed by atoms with E-state index in [4.69, 9.17) is 0 Å². The van der Waals surface area contributed by atoms with Crippen molar-refractivity contribution < 1.29 is 9.59 Å². The Hall–Kier alpha value is -2.41. The first-order valence-electron chi connectivity index (χ1n) is 9.25. The third kappa shape index (κ3) is 3.56. The van der Waals surface area contributed by atoms with Crippen LogP contribution in [0.2, 0.25) is 0 Å². The predicted molar refractivity (Wildman–Crippen MR) is 104 cm³/mol. The number of piperidine rings is 1. The van der Waals surface area contributed by atoms with Crippen molar-refractivity contribution in [2.45, 2.75) is 38.8 Å². The Morgan fingerprint density at radius 3 is 2.67 bits per heavy atom. The average Bonchev–Trinajstić information content (AvgIpc) is 3.09. The van der Waals surface area contributed by atoms with Gasteiger partial charge in [0.2, 0.25) is 11.5 Å². The second kappa shape index (κ2) is 6.96. The maximum absolute atomic E-state index is 12.6. The molecule has 27 heavy (non-hydrogen) atoms. The van der Waals surface area contributed by atoms with E-state index >= 15 is 0 Å². The molecule has 0 unspecified atom stereocenters. The molecule has 2 amide bonds. The third-order valence-corrected chi connectivity index (χ3v) is 6.67.